The zero-order valence-electron chi connectivity index (χ0n) is 15.1. The molecule has 1 aliphatic heterocycles. The molecule has 2 N–H and O–H groups in total. The minimum atomic E-state index is -0.685. The first-order valence-corrected chi connectivity index (χ1v) is 9.13. The number of pyridine rings is 1. The predicted octanol–water partition coefficient (Wildman–Crippen LogP) is 3.53. The van der Waals surface area contributed by atoms with Crippen molar-refractivity contribution >= 4 is 12.2 Å². The maximum atomic E-state index is 13.1. The summed E-state index contributed by atoms with van der Waals surface area (Å²) in [6.07, 6.45) is 8.77. The highest BCUT2D eigenvalue weighted by molar-refractivity contribution is 5.86. The highest BCUT2D eigenvalue weighted by atomic mass is 16.5. The van der Waals surface area contributed by atoms with Crippen molar-refractivity contribution in [2.45, 2.75) is 43.9 Å². The Morgan fingerprint density at radius 2 is 2.15 bits per heavy atom. The van der Waals surface area contributed by atoms with Gasteiger partial charge < -0.3 is 10.6 Å². The number of rotatable bonds is 6. The number of unbranched alkanes of at least 4 members (excludes halogenated alkanes) is 1. The highest BCUT2D eigenvalue weighted by Gasteiger charge is 2.50. The number of benzene rings is 1. The lowest BCUT2D eigenvalue weighted by Gasteiger charge is -2.42. The molecule has 1 aromatic heterocycles. The number of ether oxygens (including phenoxy) is 1. The summed E-state index contributed by atoms with van der Waals surface area (Å²) in [7, 11) is 0. The van der Waals surface area contributed by atoms with E-state index in [2.05, 4.69) is 23.1 Å². The van der Waals surface area contributed by atoms with Crippen molar-refractivity contribution in [1.29, 1.82) is 0 Å². The van der Waals surface area contributed by atoms with Crippen molar-refractivity contribution < 1.29 is 9.53 Å². The zero-order chi connectivity index (χ0) is 18.4. The molecule has 1 saturated heterocycles. The van der Waals surface area contributed by atoms with Gasteiger partial charge in [0.2, 0.25) is 0 Å². The predicted molar refractivity (Wildman–Crippen MR) is 102 cm³/mol. The molecular weight excluding hydrogens is 326 g/mol. The number of nitrogens with two attached hydrogens (primary N) is 1. The molecule has 2 aromatic rings. The lowest BCUT2D eigenvalue weighted by Crippen LogP contribution is -2.47. The van der Waals surface area contributed by atoms with E-state index in [9.17, 15) is 4.79 Å². The van der Waals surface area contributed by atoms with Crippen LogP contribution in [-0.2, 0) is 14.9 Å². The van der Waals surface area contributed by atoms with Gasteiger partial charge in [0.25, 0.3) is 0 Å². The highest BCUT2D eigenvalue weighted by Crippen LogP contribution is 2.48. The molecule has 0 aliphatic carbocycles. The van der Waals surface area contributed by atoms with Crippen LogP contribution in [0.5, 0.6) is 0 Å². The largest absolute Gasteiger partial charge is 0.465 e. The molecule has 2 atom stereocenters. The third kappa shape index (κ3) is 3.34. The molecule has 0 spiro atoms. The van der Waals surface area contributed by atoms with Gasteiger partial charge in [-0.05, 0) is 35.6 Å². The van der Waals surface area contributed by atoms with E-state index in [-0.39, 0.29) is 11.9 Å². The van der Waals surface area contributed by atoms with Gasteiger partial charge >= 0.3 is 5.97 Å². The Kier molecular flexibility index (Phi) is 5.66. The van der Waals surface area contributed by atoms with Crippen LogP contribution in [0.4, 0.5) is 0 Å². The maximum absolute atomic E-state index is 13.1. The summed E-state index contributed by atoms with van der Waals surface area (Å²) in [5.74, 6) is 5.16. The van der Waals surface area contributed by atoms with Crippen LogP contribution in [0.15, 0.2) is 53.9 Å². The molecule has 0 radical (unpaired) electrons. The van der Waals surface area contributed by atoms with E-state index in [1.807, 2.05) is 36.5 Å². The number of carbonyl (C=O) groups is 1. The molecular formula is C21H25N3O2. The quantitative estimate of drug-likeness (QED) is 0.374. The summed E-state index contributed by atoms with van der Waals surface area (Å²) >= 11 is 0. The first kappa shape index (κ1) is 18.1. The second-order valence-electron chi connectivity index (χ2n) is 6.74. The van der Waals surface area contributed by atoms with Crippen LogP contribution in [0.3, 0.4) is 0 Å². The van der Waals surface area contributed by atoms with E-state index in [0.717, 1.165) is 42.4 Å². The van der Waals surface area contributed by atoms with E-state index in [0.29, 0.717) is 6.61 Å². The van der Waals surface area contributed by atoms with Gasteiger partial charge in [-0.25, -0.2) is 0 Å². The lowest BCUT2D eigenvalue weighted by molar-refractivity contribution is -0.157. The van der Waals surface area contributed by atoms with Gasteiger partial charge in [-0.2, -0.15) is 5.10 Å². The van der Waals surface area contributed by atoms with Crippen LogP contribution in [0, 0.1) is 0 Å². The molecule has 136 valence electrons. The summed E-state index contributed by atoms with van der Waals surface area (Å²) in [6.45, 7) is 2.59. The summed E-state index contributed by atoms with van der Waals surface area (Å²) in [4.78, 5) is 17.4. The third-order valence-electron chi connectivity index (χ3n) is 5.26. The number of hydrogen-bond donors (Lipinski definition) is 1. The smallest absolute Gasteiger partial charge is 0.317 e. The van der Waals surface area contributed by atoms with Gasteiger partial charge in [-0.1, -0.05) is 50.1 Å². The Balaban J connectivity index is 2.11. The molecule has 5 heteroatoms. The molecule has 0 saturated carbocycles. The molecule has 3 rings (SSSR count). The van der Waals surface area contributed by atoms with E-state index < -0.39 is 5.41 Å². The Hall–Kier alpha value is -2.69. The van der Waals surface area contributed by atoms with Crippen LogP contribution >= 0.6 is 0 Å². The van der Waals surface area contributed by atoms with Crippen LogP contribution < -0.4 is 5.84 Å². The molecule has 0 amide bonds. The minimum absolute atomic E-state index is 0.0537. The lowest BCUT2D eigenvalue weighted by atomic mass is 9.63. The van der Waals surface area contributed by atoms with Crippen LogP contribution in [-0.4, -0.2) is 23.8 Å². The SMILES string of the molecule is CCCCC1(c2ccc(C=NN)cc2)C(=O)OCCC1c1cccnc1. The first-order chi connectivity index (χ1) is 12.7. The Labute approximate surface area is 154 Å². The van der Waals surface area contributed by atoms with Gasteiger partial charge in [0.1, 0.15) is 0 Å². The second-order valence-corrected chi connectivity index (χ2v) is 6.74. The molecule has 1 fully saturated rings. The molecule has 5 nitrogen and oxygen atoms in total. The minimum Gasteiger partial charge on any atom is -0.465 e. The first-order valence-electron chi connectivity index (χ1n) is 9.13. The van der Waals surface area contributed by atoms with Gasteiger partial charge in [0, 0.05) is 18.3 Å². The van der Waals surface area contributed by atoms with Gasteiger partial charge in [-0.15, -0.1) is 0 Å². The zero-order valence-corrected chi connectivity index (χ0v) is 15.1. The number of cyclic esters (lactones) is 1. The summed E-state index contributed by atoms with van der Waals surface area (Å²) in [6, 6.07) is 11.9. The van der Waals surface area contributed by atoms with Crippen molar-refractivity contribution in [2.24, 2.45) is 10.9 Å². The number of esters is 1. The third-order valence-corrected chi connectivity index (χ3v) is 5.26. The van der Waals surface area contributed by atoms with Crippen molar-refractivity contribution in [2.75, 3.05) is 6.61 Å². The van der Waals surface area contributed by atoms with E-state index in [1.54, 1.807) is 12.4 Å². The molecule has 2 heterocycles. The van der Waals surface area contributed by atoms with Crippen LogP contribution in [0.25, 0.3) is 0 Å². The average Bonchev–Trinajstić information content (AvgIpc) is 2.69. The normalized spacial score (nSPS) is 23.1. The molecule has 0 bridgehead atoms. The summed E-state index contributed by atoms with van der Waals surface area (Å²) in [5.41, 5.74) is 2.30. The van der Waals surface area contributed by atoms with Crippen molar-refractivity contribution in [3.63, 3.8) is 0 Å². The number of aromatic nitrogens is 1. The van der Waals surface area contributed by atoms with Crippen molar-refractivity contribution in [3.8, 4) is 0 Å². The molecule has 2 unspecified atom stereocenters. The molecule has 1 aliphatic rings. The second kappa shape index (κ2) is 8.13. The van der Waals surface area contributed by atoms with Gasteiger partial charge in [-0.3, -0.25) is 9.78 Å². The van der Waals surface area contributed by atoms with E-state index in [1.165, 1.54) is 0 Å². The fraction of sp³-hybridized carbons (Fsp3) is 0.381. The number of nitrogens with zero attached hydrogens (tertiary/aromatic N) is 2. The fourth-order valence-corrected chi connectivity index (χ4v) is 3.97. The van der Waals surface area contributed by atoms with E-state index in [4.69, 9.17) is 10.6 Å². The Morgan fingerprint density at radius 1 is 1.35 bits per heavy atom. The maximum Gasteiger partial charge on any atom is 0.317 e. The fourth-order valence-electron chi connectivity index (χ4n) is 3.97. The van der Waals surface area contributed by atoms with Crippen LogP contribution in [0.1, 0.15) is 55.2 Å². The van der Waals surface area contributed by atoms with Crippen molar-refractivity contribution in [3.05, 3.63) is 65.5 Å². The number of hydrogen-bond acceptors (Lipinski definition) is 5. The van der Waals surface area contributed by atoms with Crippen molar-refractivity contribution in [1.82, 2.24) is 4.98 Å². The summed E-state index contributed by atoms with van der Waals surface area (Å²) < 4.78 is 5.57. The standard InChI is InChI=1S/C21H25N3O2/c1-2-3-11-21(18-8-6-16(7-9-18)14-24-22)19(10-13-26-20(21)25)17-5-4-12-23-15-17/h4-9,12,14-15,19H,2-3,10-11,13,22H2,1H3. The van der Waals surface area contributed by atoms with Gasteiger partial charge in [0.15, 0.2) is 0 Å². The topological polar surface area (TPSA) is 77.6 Å². The number of hydrazone groups is 1. The molecule has 26 heavy (non-hydrogen) atoms. The average molecular weight is 351 g/mol. The van der Waals surface area contributed by atoms with E-state index >= 15 is 0 Å². The monoisotopic (exact) mass is 351 g/mol. The Bertz CT molecular complexity index is 759. The molecule has 1 aromatic carbocycles. The number of carbonyl (C=O) groups excluding carboxylic acids is 1. The van der Waals surface area contributed by atoms with Gasteiger partial charge in [0.05, 0.1) is 18.2 Å². The van der Waals surface area contributed by atoms with Crippen LogP contribution in [0.2, 0.25) is 0 Å². The summed E-state index contributed by atoms with van der Waals surface area (Å²) in [5, 5.41) is 3.57. The Morgan fingerprint density at radius 3 is 2.81 bits per heavy atom.